The fourth-order valence-electron chi connectivity index (χ4n) is 14.5. The zero-order chi connectivity index (χ0) is 56.0. The van der Waals surface area contributed by atoms with Crippen LogP contribution in [0.25, 0.3) is 144 Å². The largest absolute Gasteiger partial charge is 0.0732 e. The maximum atomic E-state index is 2.55. The van der Waals surface area contributed by atoms with Crippen molar-refractivity contribution >= 4 is 32.3 Å². The third-order valence-corrected chi connectivity index (χ3v) is 18.4. The van der Waals surface area contributed by atoms with E-state index in [4.69, 9.17) is 0 Å². The molecule has 15 aromatic rings. The molecule has 0 aliphatic heterocycles. The van der Waals surface area contributed by atoms with Crippen molar-refractivity contribution < 1.29 is 0 Å². The molecule has 0 heteroatoms. The smallest absolute Gasteiger partial charge is 0.0622 e. The number of hydrogen-bond donors (Lipinski definition) is 0. The molecule has 0 atom stereocenters. The first-order valence-corrected chi connectivity index (χ1v) is 29.6. The van der Waals surface area contributed by atoms with Crippen molar-refractivity contribution in [3.63, 3.8) is 0 Å². The first kappa shape index (κ1) is 48.8. The topological polar surface area (TPSA) is 0 Å². The summed E-state index contributed by atoms with van der Waals surface area (Å²) in [6.07, 6.45) is 0. The van der Waals surface area contributed by atoms with E-state index < -0.39 is 5.41 Å². The van der Waals surface area contributed by atoms with Crippen LogP contribution in [0.5, 0.6) is 0 Å². The Morgan fingerprint density at radius 3 is 0.965 bits per heavy atom. The molecule has 2 aliphatic carbocycles. The van der Waals surface area contributed by atoms with Gasteiger partial charge in [0.1, 0.15) is 0 Å². The van der Waals surface area contributed by atoms with Crippen LogP contribution >= 0.6 is 0 Å². The predicted molar refractivity (Wildman–Crippen MR) is 359 cm³/mol. The van der Waals surface area contributed by atoms with Crippen molar-refractivity contribution in [3.05, 3.63) is 350 Å². The lowest BCUT2D eigenvalue weighted by atomic mass is 9.68. The van der Waals surface area contributed by atoms with Crippen molar-refractivity contribution in [2.24, 2.45) is 0 Å². The molecule has 17 rings (SSSR count). The zero-order valence-electron chi connectivity index (χ0n) is 46.7. The average Bonchev–Trinajstić information content (AvgIpc) is 2.22. The highest BCUT2D eigenvalue weighted by Crippen LogP contribution is 2.66. The van der Waals surface area contributed by atoms with Gasteiger partial charge in [-0.05, 0) is 214 Å². The van der Waals surface area contributed by atoms with Gasteiger partial charge in [0, 0.05) is 0 Å². The normalized spacial score (nSPS) is 12.6. The molecule has 0 saturated heterocycles. The van der Waals surface area contributed by atoms with Crippen molar-refractivity contribution in [2.75, 3.05) is 0 Å². The molecule has 0 N–H and O–H groups in total. The summed E-state index contributed by atoms with van der Waals surface area (Å²) in [7, 11) is 0. The molecule has 85 heavy (non-hydrogen) atoms. The molecule has 0 radical (unpaired) electrons. The first-order valence-electron chi connectivity index (χ1n) is 29.6. The van der Waals surface area contributed by atoms with Gasteiger partial charge in [-0.3, -0.25) is 0 Å². The quantitative estimate of drug-likeness (QED) is 0.133. The van der Waals surface area contributed by atoms with E-state index in [9.17, 15) is 0 Å². The maximum Gasteiger partial charge on any atom is 0.0732 e. The predicted octanol–water partition coefficient (Wildman–Crippen LogP) is 22.8. The Balaban J connectivity index is 0.854. The molecule has 0 bridgehead atoms. The Hall–Kier alpha value is -10.9. The summed E-state index contributed by atoms with van der Waals surface area (Å²) in [5.74, 6) is 0. The van der Waals surface area contributed by atoms with Crippen molar-refractivity contribution in [3.8, 4) is 111 Å². The van der Waals surface area contributed by atoms with E-state index in [1.54, 1.807) is 0 Å². The second-order valence-corrected chi connectivity index (χ2v) is 23.0. The Kier molecular flexibility index (Phi) is 11.3. The molecule has 0 amide bonds. The minimum Gasteiger partial charge on any atom is -0.0622 e. The van der Waals surface area contributed by atoms with Gasteiger partial charge in [0.2, 0.25) is 0 Å². The van der Waals surface area contributed by atoms with Crippen LogP contribution in [0.4, 0.5) is 0 Å². The Labute approximate surface area is 495 Å². The minimum absolute atomic E-state index is 0.660. The Bertz CT molecular complexity index is 4780. The lowest BCUT2D eigenvalue weighted by molar-refractivity contribution is 0.803. The standard InChI is InChI=1S/C85H54/c1-5-19-55(20-6-1)66-47-67(56-21-7-2-8-22-56)50-70(49-66)61-37-33-59(34-38-61)64-42-44-74-75-45-43-65(60-35-39-62(40-36-60)71-51-68(57-23-9-3-10-24-57)48-69(52-71)58-25-11-4-12-26-58)54-81(75)85(80(74)53-64)79-32-18-17-31-78(79)83-76-30-16-15-29-73(76)77-46-41-63-27-13-14-28-72(63)82(77)84(83)85/h1-54H. The second kappa shape index (κ2) is 19.6. The van der Waals surface area contributed by atoms with Crippen molar-refractivity contribution in [2.45, 2.75) is 5.41 Å². The van der Waals surface area contributed by atoms with Gasteiger partial charge >= 0.3 is 0 Å². The van der Waals surface area contributed by atoms with Gasteiger partial charge in [-0.15, -0.1) is 0 Å². The summed E-state index contributed by atoms with van der Waals surface area (Å²) < 4.78 is 0. The van der Waals surface area contributed by atoms with Gasteiger partial charge in [-0.25, -0.2) is 0 Å². The lowest BCUT2D eigenvalue weighted by Gasteiger charge is -2.33. The second-order valence-electron chi connectivity index (χ2n) is 23.0. The van der Waals surface area contributed by atoms with Crippen LogP contribution in [0.1, 0.15) is 22.3 Å². The first-order chi connectivity index (χ1) is 42.1. The third-order valence-electron chi connectivity index (χ3n) is 18.4. The fraction of sp³-hybridized carbons (Fsp3) is 0.0118. The lowest BCUT2D eigenvalue weighted by Crippen LogP contribution is -2.26. The summed E-state index contributed by atoms with van der Waals surface area (Å²) >= 11 is 0. The SMILES string of the molecule is c1ccc(-c2cc(-c3ccccc3)cc(-c3ccc(-c4ccc5c(c4)C4(c6cc(-c7ccc(-c8cc(-c9ccccc9)cc(-c9ccccc9)c8)cc7)ccc6-5)c5ccccc5-c5c4c4c6ccccc6ccc4c4ccccc54)cc3)c2)cc1. The van der Waals surface area contributed by atoms with Gasteiger partial charge in [0.15, 0.2) is 0 Å². The molecule has 0 heterocycles. The number of benzene rings is 15. The molecular weight excluding hydrogens is 1020 g/mol. The number of rotatable bonds is 8. The molecule has 0 saturated carbocycles. The van der Waals surface area contributed by atoms with E-state index in [2.05, 4.69) is 328 Å². The highest BCUT2D eigenvalue weighted by molar-refractivity contribution is 6.26. The molecule has 0 aromatic heterocycles. The van der Waals surface area contributed by atoms with Crippen molar-refractivity contribution in [1.29, 1.82) is 0 Å². The molecule has 15 aromatic carbocycles. The average molecular weight is 1080 g/mol. The van der Waals surface area contributed by atoms with E-state index >= 15 is 0 Å². The monoisotopic (exact) mass is 1070 g/mol. The molecule has 0 nitrogen and oxygen atoms in total. The zero-order valence-corrected chi connectivity index (χ0v) is 46.7. The van der Waals surface area contributed by atoms with Crippen LogP contribution in [0.3, 0.4) is 0 Å². The van der Waals surface area contributed by atoms with Crippen LogP contribution in [0, 0.1) is 0 Å². The molecule has 1 spiro atoms. The Morgan fingerprint density at radius 2 is 0.518 bits per heavy atom. The summed E-state index contributed by atoms with van der Waals surface area (Å²) in [6.45, 7) is 0. The Morgan fingerprint density at radius 1 is 0.176 bits per heavy atom. The molecule has 394 valence electrons. The molecular formula is C85H54. The molecule has 0 fully saturated rings. The van der Waals surface area contributed by atoms with E-state index in [0.717, 1.165) is 0 Å². The molecule has 2 aliphatic rings. The van der Waals surface area contributed by atoms with Crippen molar-refractivity contribution in [1.82, 2.24) is 0 Å². The van der Waals surface area contributed by atoms with Crippen LogP contribution in [-0.4, -0.2) is 0 Å². The van der Waals surface area contributed by atoms with Gasteiger partial charge in [0.05, 0.1) is 5.41 Å². The van der Waals surface area contributed by atoms with Gasteiger partial charge in [-0.2, -0.15) is 0 Å². The molecule has 0 unspecified atom stereocenters. The third kappa shape index (κ3) is 7.84. The van der Waals surface area contributed by atoms with Gasteiger partial charge in [-0.1, -0.05) is 279 Å². The summed E-state index contributed by atoms with van der Waals surface area (Å²) in [5.41, 5.74) is 29.1. The summed E-state index contributed by atoms with van der Waals surface area (Å²) in [6, 6.07) is 122. The minimum atomic E-state index is -0.660. The van der Waals surface area contributed by atoms with Crippen LogP contribution in [0.2, 0.25) is 0 Å². The highest BCUT2D eigenvalue weighted by Gasteiger charge is 2.53. The number of fused-ring (bicyclic) bond motifs is 17. The summed E-state index contributed by atoms with van der Waals surface area (Å²) in [4.78, 5) is 0. The highest BCUT2D eigenvalue weighted by atomic mass is 14.5. The van der Waals surface area contributed by atoms with E-state index in [-0.39, 0.29) is 0 Å². The fourth-order valence-corrected chi connectivity index (χ4v) is 14.5. The van der Waals surface area contributed by atoms with Gasteiger partial charge < -0.3 is 0 Å². The van der Waals surface area contributed by atoms with Crippen LogP contribution < -0.4 is 0 Å². The van der Waals surface area contributed by atoms with E-state index in [0.29, 0.717) is 0 Å². The van der Waals surface area contributed by atoms with E-state index in [1.807, 2.05) is 0 Å². The maximum absolute atomic E-state index is 2.55. The van der Waals surface area contributed by atoms with Crippen LogP contribution in [-0.2, 0) is 5.41 Å². The summed E-state index contributed by atoms with van der Waals surface area (Å²) in [5, 5.41) is 7.71. The van der Waals surface area contributed by atoms with Crippen LogP contribution in [0.15, 0.2) is 328 Å². The van der Waals surface area contributed by atoms with Gasteiger partial charge in [0.25, 0.3) is 0 Å². The van der Waals surface area contributed by atoms with E-state index in [1.165, 1.54) is 166 Å². The number of hydrogen-bond acceptors (Lipinski definition) is 0.